The van der Waals surface area contributed by atoms with Crippen molar-refractivity contribution in [3.8, 4) is 0 Å². The zero-order valence-electron chi connectivity index (χ0n) is 29.0. The third kappa shape index (κ3) is 16.7. The second-order valence-corrected chi connectivity index (χ2v) is 13.7. The van der Waals surface area contributed by atoms with Crippen LogP contribution in [0.5, 0.6) is 0 Å². The molecule has 0 amide bonds. The molecule has 0 unspecified atom stereocenters. The number of carbonyl (C=O) groups excluding carboxylic acids is 1. The van der Waals surface area contributed by atoms with Crippen molar-refractivity contribution in [1.29, 1.82) is 0 Å². The third-order valence-corrected chi connectivity index (χ3v) is 9.81. The van der Waals surface area contributed by atoms with Crippen LogP contribution < -0.4 is 29.6 Å². The van der Waals surface area contributed by atoms with Gasteiger partial charge in [-0.05, 0) is 66.0 Å². The smallest absolute Gasteiger partial charge is 0.744 e. The molecular formula is C38H63NaO4S. The summed E-state index contributed by atoms with van der Waals surface area (Å²) < 4.78 is 38.5. The number of hydrogen-bond acceptors (Lipinski definition) is 4. The maximum Gasteiger partial charge on any atom is 1.00 e. The van der Waals surface area contributed by atoms with Gasteiger partial charge in [-0.15, -0.1) is 0 Å². The molecular weight excluding hydrogens is 575 g/mol. The fourth-order valence-corrected chi connectivity index (χ4v) is 7.48. The number of unbranched alkanes of at least 4 members (excludes halogenated alkanes) is 18. The van der Waals surface area contributed by atoms with Crippen molar-refractivity contribution in [3.63, 3.8) is 0 Å². The van der Waals surface area contributed by atoms with E-state index in [0.717, 1.165) is 49.5 Å². The minimum Gasteiger partial charge on any atom is -0.744 e. The van der Waals surface area contributed by atoms with E-state index in [1.54, 1.807) is 0 Å². The molecule has 0 aliphatic carbocycles. The van der Waals surface area contributed by atoms with Crippen LogP contribution in [0.25, 0.3) is 10.8 Å². The van der Waals surface area contributed by atoms with Gasteiger partial charge in [0, 0.05) is 0 Å². The van der Waals surface area contributed by atoms with E-state index in [0.29, 0.717) is 11.8 Å². The molecule has 2 aromatic rings. The van der Waals surface area contributed by atoms with Crippen LogP contribution in [0.2, 0.25) is 0 Å². The maximum absolute atomic E-state index is 12.8. The molecule has 6 heteroatoms. The van der Waals surface area contributed by atoms with Gasteiger partial charge in [-0.1, -0.05) is 161 Å². The molecule has 0 saturated heterocycles. The molecule has 0 aromatic heterocycles. The van der Waals surface area contributed by atoms with Gasteiger partial charge in [0.2, 0.25) is 0 Å². The van der Waals surface area contributed by atoms with Crippen LogP contribution in [0.4, 0.5) is 0 Å². The summed E-state index contributed by atoms with van der Waals surface area (Å²) in [7, 11) is -4.59. The van der Waals surface area contributed by atoms with Crippen molar-refractivity contribution < 1.29 is 47.3 Å². The molecule has 0 N–H and O–H groups in total. The monoisotopic (exact) mass is 638 g/mol. The van der Waals surface area contributed by atoms with Gasteiger partial charge >= 0.3 is 29.6 Å². The Morgan fingerprint density at radius 2 is 0.818 bits per heavy atom. The summed E-state index contributed by atoms with van der Waals surface area (Å²) in [5.74, 6) is 0. The van der Waals surface area contributed by atoms with Crippen LogP contribution in [0, 0.1) is 0 Å². The number of rotatable bonds is 25. The summed E-state index contributed by atoms with van der Waals surface area (Å²) in [6.07, 6.45) is 28.3. The average molecular weight is 639 g/mol. The first-order chi connectivity index (χ1) is 21.0. The first-order valence-corrected chi connectivity index (χ1v) is 19.2. The molecule has 246 valence electrons. The van der Waals surface area contributed by atoms with E-state index in [9.17, 15) is 13.0 Å². The second-order valence-electron chi connectivity index (χ2n) is 12.4. The summed E-state index contributed by atoms with van der Waals surface area (Å²) in [6.45, 7) is 8.75. The first kappa shape index (κ1) is 43.3. The van der Waals surface area contributed by atoms with Gasteiger partial charge in [-0.25, -0.2) is 8.42 Å². The molecule has 0 saturated carbocycles. The Labute approximate surface area is 294 Å². The van der Waals surface area contributed by atoms with E-state index < -0.39 is 10.1 Å². The molecule has 0 bridgehead atoms. The zero-order chi connectivity index (χ0) is 31.8. The summed E-state index contributed by atoms with van der Waals surface area (Å²) in [6, 6.07) is 7.83. The molecule has 4 nitrogen and oxygen atoms in total. The fraction of sp³-hybridized carbons (Fsp3) is 0.711. The molecule has 0 aliphatic rings. The fourth-order valence-electron chi connectivity index (χ4n) is 6.50. The largest absolute Gasteiger partial charge is 1.00 e. The predicted octanol–water partition coefficient (Wildman–Crippen LogP) is 8.44. The molecule has 0 radical (unpaired) electrons. The van der Waals surface area contributed by atoms with E-state index >= 15 is 0 Å². The van der Waals surface area contributed by atoms with Crippen LogP contribution in [0.3, 0.4) is 0 Å². The molecule has 0 aliphatic heterocycles. The number of hydrogen-bond donors (Lipinski definition) is 0. The predicted molar refractivity (Wildman–Crippen MR) is 184 cm³/mol. The molecule has 0 heterocycles. The van der Waals surface area contributed by atoms with E-state index in [4.69, 9.17) is 4.79 Å². The van der Waals surface area contributed by atoms with E-state index in [2.05, 4.69) is 26.8 Å². The zero-order valence-corrected chi connectivity index (χ0v) is 31.8. The number of benzene rings is 2. The second kappa shape index (κ2) is 27.4. The number of carbonyl (C=O) groups is 1. The molecule has 0 spiro atoms. The Morgan fingerprint density at radius 3 is 1.20 bits per heavy atom. The standard InChI is InChI=1S/C37H62O3S.CH2O.Na/c1-4-7-10-13-16-19-22-27-32-33(28-23-20-17-14-11-8-5-2)35(30-24-21-18-15-12-9-6-3)37(41(38,39)40)36-31-26-25-29-34(32)36;1-2;/h25-26,29,31H,4-24,27-28,30H2,1-3H3,(H,38,39,40);1H2;/q;;+1/p-1. The summed E-state index contributed by atoms with van der Waals surface area (Å²) >= 11 is 0. The van der Waals surface area contributed by atoms with Gasteiger partial charge in [0.05, 0.1) is 4.90 Å². The van der Waals surface area contributed by atoms with Crippen molar-refractivity contribution in [2.45, 2.75) is 180 Å². The molecule has 0 atom stereocenters. The van der Waals surface area contributed by atoms with Gasteiger partial charge in [-0.3, -0.25) is 0 Å². The Kier molecular flexibility index (Phi) is 26.9. The topological polar surface area (TPSA) is 74.3 Å². The van der Waals surface area contributed by atoms with Crippen LogP contribution in [-0.2, 0) is 34.2 Å². The van der Waals surface area contributed by atoms with E-state index in [1.165, 1.54) is 120 Å². The summed E-state index contributed by atoms with van der Waals surface area (Å²) in [5, 5.41) is 1.65. The summed E-state index contributed by atoms with van der Waals surface area (Å²) in [5.41, 5.74) is 3.38. The average Bonchev–Trinajstić information content (AvgIpc) is 3.00. The Hall–Kier alpha value is -0.720. The molecule has 2 rings (SSSR count). The Balaban J connectivity index is 0.00000603. The molecule has 0 fully saturated rings. The Morgan fingerprint density at radius 1 is 0.500 bits per heavy atom. The minimum absolute atomic E-state index is 0. The minimum atomic E-state index is -4.59. The maximum atomic E-state index is 12.8. The van der Waals surface area contributed by atoms with Gasteiger partial charge in [-0.2, -0.15) is 0 Å². The number of fused-ring (bicyclic) bond motifs is 1. The van der Waals surface area contributed by atoms with Gasteiger partial charge in [0.1, 0.15) is 16.9 Å². The van der Waals surface area contributed by atoms with Crippen molar-refractivity contribution in [1.82, 2.24) is 0 Å². The quantitative estimate of drug-likeness (QED) is 0.0622. The van der Waals surface area contributed by atoms with Crippen LogP contribution in [0.15, 0.2) is 29.2 Å². The molecule has 44 heavy (non-hydrogen) atoms. The first-order valence-electron chi connectivity index (χ1n) is 17.8. The molecule has 2 aromatic carbocycles. The number of aryl methyl sites for hydroxylation is 1. The van der Waals surface area contributed by atoms with Crippen LogP contribution in [0.1, 0.15) is 172 Å². The summed E-state index contributed by atoms with van der Waals surface area (Å²) in [4.78, 5) is 8.08. The van der Waals surface area contributed by atoms with Crippen molar-refractivity contribution in [3.05, 3.63) is 41.0 Å². The third-order valence-electron chi connectivity index (χ3n) is 8.84. The van der Waals surface area contributed by atoms with Gasteiger partial charge < -0.3 is 9.35 Å². The van der Waals surface area contributed by atoms with E-state index in [-0.39, 0.29) is 34.5 Å². The SMILES string of the molecule is C=O.CCCCCCCCCc1c(CCCCCCCCC)c(S(=O)(=O)[O-])c2ccccc2c1CCCCCCCCC.[Na+]. The van der Waals surface area contributed by atoms with Crippen molar-refractivity contribution in [2.24, 2.45) is 0 Å². The van der Waals surface area contributed by atoms with E-state index in [1.807, 2.05) is 25.0 Å². The van der Waals surface area contributed by atoms with Gasteiger partial charge in [0.15, 0.2) is 0 Å². The normalized spacial score (nSPS) is 11.3. The van der Waals surface area contributed by atoms with Crippen molar-refractivity contribution in [2.75, 3.05) is 0 Å². The Bertz CT molecular complexity index is 1100. The van der Waals surface area contributed by atoms with Crippen molar-refractivity contribution >= 4 is 27.7 Å². The van der Waals surface area contributed by atoms with Gasteiger partial charge in [0.25, 0.3) is 0 Å². The van der Waals surface area contributed by atoms with Crippen LogP contribution in [-0.4, -0.2) is 19.8 Å². The van der Waals surface area contributed by atoms with Crippen LogP contribution >= 0.6 is 0 Å².